The molecule has 0 aliphatic rings. The average molecular weight is 915 g/mol. The fraction of sp³-hybridized carbons (Fsp3) is 0.659. The first-order valence-corrected chi connectivity index (χ1v) is 22.0. The molecule has 63 heavy (non-hydrogen) atoms. The normalized spacial score (nSPS) is 11.8. The maximum Gasteiger partial charge on any atom is 0.304 e. The Hall–Kier alpha value is -3.28. The first kappa shape index (κ1) is 55.9. The molecule has 0 spiro atoms. The van der Waals surface area contributed by atoms with Gasteiger partial charge in [0.25, 0.3) is 0 Å². The molecule has 0 aromatic heterocycles. The molecular weight excluding hydrogens is 845 g/mol. The minimum absolute atomic E-state index is 0.0884. The maximum atomic E-state index is 12.3. The van der Waals surface area contributed by atoms with Gasteiger partial charge >= 0.3 is 5.97 Å². The standard InChI is InChI=1S/C44H70N2O16S/c47-42(46-40-8-4-7-39(36-40)35-38-5-2-1-3-6-38)9-11-51-13-15-53-17-19-55-21-23-57-25-27-59-29-31-61-33-34-62-32-30-60-28-26-58-24-22-56-20-18-54-16-14-52-12-10-45-44(50)41(63)37-43(48)49/h1-8,36,41,63H,9-35,37H2,(H,45,50)(H,46,47)(H,48,49). The second-order valence-corrected chi connectivity index (χ2v) is 14.0. The average Bonchev–Trinajstić information content (AvgIpc) is 3.27. The van der Waals surface area contributed by atoms with Gasteiger partial charge in [0.15, 0.2) is 0 Å². The van der Waals surface area contributed by atoms with Gasteiger partial charge in [0, 0.05) is 12.2 Å². The van der Waals surface area contributed by atoms with Gasteiger partial charge in [0.2, 0.25) is 11.8 Å². The molecule has 0 saturated carbocycles. The van der Waals surface area contributed by atoms with Crippen molar-refractivity contribution in [2.24, 2.45) is 0 Å². The SMILES string of the molecule is O=C(O)CC(S)C(=O)NCCOCCOCCOCCOCCOCCOCCOCCOCCOCCOCCOCCOCCC(=O)Nc1cccc(Cc2ccccc2)c1. The van der Waals surface area contributed by atoms with Gasteiger partial charge in [0.1, 0.15) is 0 Å². The van der Waals surface area contributed by atoms with Crippen molar-refractivity contribution in [2.45, 2.75) is 24.5 Å². The van der Waals surface area contributed by atoms with Gasteiger partial charge in [-0.2, -0.15) is 12.6 Å². The van der Waals surface area contributed by atoms with E-state index in [0.29, 0.717) is 152 Å². The largest absolute Gasteiger partial charge is 0.481 e. The summed E-state index contributed by atoms with van der Waals surface area (Å²) in [4.78, 5) is 34.5. The molecule has 19 heteroatoms. The number of thiol groups is 1. The van der Waals surface area contributed by atoms with E-state index in [2.05, 4.69) is 41.5 Å². The van der Waals surface area contributed by atoms with Gasteiger partial charge in [-0.3, -0.25) is 14.4 Å². The van der Waals surface area contributed by atoms with Crippen LogP contribution in [0.4, 0.5) is 5.69 Å². The van der Waals surface area contributed by atoms with Crippen molar-refractivity contribution in [1.82, 2.24) is 5.32 Å². The zero-order valence-corrected chi connectivity index (χ0v) is 37.5. The summed E-state index contributed by atoms with van der Waals surface area (Å²) in [7, 11) is 0. The summed E-state index contributed by atoms with van der Waals surface area (Å²) in [6, 6.07) is 18.1. The number of amides is 2. The van der Waals surface area contributed by atoms with Crippen LogP contribution in [0.2, 0.25) is 0 Å². The summed E-state index contributed by atoms with van der Waals surface area (Å²) in [6.45, 7) is 10.7. The number of benzene rings is 2. The molecule has 0 heterocycles. The van der Waals surface area contributed by atoms with E-state index in [1.54, 1.807) is 0 Å². The van der Waals surface area contributed by atoms with Crippen molar-refractivity contribution >= 4 is 36.1 Å². The maximum absolute atomic E-state index is 12.3. The number of carbonyl (C=O) groups is 3. The van der Waals surface area contributed by atoms with Crippen LogP contribution in [-0.2, 0) is 77.6 Å². The Kier molecular flexibility index (Phi) is 36.7. The highest BCUT2D eigenvalue weighted by Crippen LogP contribution is 2.15. The molecule has 2 aromatic rings. The van der Waals surface area contributed by atoms with Crippen LogP contribution in [0.3, 0.4) is 0 Å². The highest BCUT2D eigenvalue weighted by Gasteiger charge is 2.16. The first-order valence-electron chi connectivity index (χ1n) is 21.5. The van der Waals surface area contributed by atoms with E-state index in [1.165, 1.54) is 5.56 Å². The summed E-state index contributed by atoms with van der Waals surface area (Å²) in [5.74, 6) is -1.61. The minimum atomic E-state index is -1.08. The number of nitrogens with one attached hydrogen (secondary N) is 2. The predicted octanol–water partition coefficient (Wildman–Crippen LogP) is 2.69. The molecule has 0 saturated heterocycles. The third-order valence-corrected chi connectivity index (χ3v) is 8.66. The van der Waals surface area contributed by atoms with E-state index < -0.39 is 17.1 Å². The van der Waals surface area contributed by atoms with E-state index in [4.69, 9.17) is 61.9 Å². The molecule has 2 rings (SSSR count). The predicted molar refractivity (Wildman–Crippen MR) is 237 cm³/mol. The lowest BCUT2D eigenvalue weighted by Crippen LogP contribution is -2.35. The molecule has 1 atom stereocenters. The zero-order chi connectivity index (χ0) is 45.1. The number of rotatable bonds is 45. The highest BCUT2D eigenvalue weighted by molar-refractivity contribution is 7.81. The number of ether oxygens (including phenoxy) is 12. The summed E-state index contributed by atoms with van der Waals surface area (Å²) >= 11 is 3.95. The van der Waals surface area contributed by atoms with Gasteiger partial charge < -0.3 is 72.6 Å². The third-order valence-electron chi connectivity index (χ3n) is 8.24. The van der Waals surface area contributed by atoms with Crippen LogP contribution in [0, 0.1) is 0 Å². The lowest BCUT2D eigenvalue weighted by atomic mass is 10.0. The Bertz CT molecular complexity index is 1400. The Morgan fingerprint density at radius 2 is 0.841 bits per heavy atom. The molecule has 3 N–H and O–H groups in total. The number of carbonyl (C=O) groups excluding carboxylic acids is 2. The Balaban J connectivity index is 1.17. The first-order chi connectivity index (χ1) is 30.9. The molecule has 18 nitrogen and oxygen atoms in total. The van der Waals surface area contributed by atoms with Crippen molar-refractivity contribution in [3.05, 3.63) is 65.7 Å². The van der Waals surface area contributed by atoms with Crippen LogP contribution in [0.15, 0.2) is 54.6 Å². The molecule has 1 unspecified atom stereocenters. The summed E-state index contributed by atoms with van der Waals surface area (Å²) in [6.07, 6.45) is 0.748. The molecule has 0 radical (unpaired) electrons. The monoisotopic (exact) mass is 914 g/mol. The summed E-state index contributed by atoms with van der Waals surface area (Å²) in [5, 5.41) is 13.3. The Morgan fingerprint density at radius 1 is 0.476 bits per heavy atom. The minimum Gasteiger partial charge on any atom is -0.481 e. The Labute approximate surface area is 377 Å². The van der Waals surface area contributed by atoms with Gasteiger partial charge in [0.05, 0.1) is 177 Å². The third kappa shape index (κ3) is 35.7. The van der Waals surface area contributed by atoms with E-state index >= 15 is 0 Å². The Morgan fingerprint density at radius 3 is 1.24 bits per heavy atom. The lowest BCUT2D eigenvalue weighted by molar-refractivity contribution is -0.138. The van der Waals surface area contributed by atoms with Gasteiger partial charge in [-0.05, 0) is 29.7 Å². The molecule has 2 amide bonds. The molecule has 0 aliphatic heterocycles. The fourth-order valence-electron chi connectivity index (χ4n) is 5.12. The number of carboxylic acid groups (broad SMARTS) is 1. The number of anilines is 1. The highest BCUT2D eigenvalue weighted by atomic mass is 32.1. The van der Waals surface area contributed by atoms with E-state index in [1.807, 2.05) is 36.4 Å². The van der Waals surface area contributed by atoms with Gasteiger partial charge in [-0.15, -0.1) is 0 Å². The molecule has 2 aromatic carbocycles. The van der Waals surface area contributed by atoms with Crippen LogP contribution in [0.1, 0.15) is 24.0 Å². The van der Waals surface area contributed by atoms with Crippen LogP contribution in [0.5, 0.6) is 0 Å². The molecule has 0 bridgehead atoms. The van der Waals surface area contributed by atoms with Crippen molar-refractivity contribution in [1.29, 1.82) is 0 Å². The zero-order valence-electron chi connectivity index (χ0n) is 36.6. The van der Waals surface area contributed by atoms with Crippen molar-refractivity contribution in [3.63, 3.8) is 0 Å². The van der Waals surface area contributed by atoms with Crippen molar-refractivity contribution < 1.29 is 76.3 Å². The summed E-state index contributed by atoms with van der Waals surface area (Å²) < 4.78 is 65.7. The number of carboxylic acids is 1. The second kappa shape index (κ2) is 41.4. The van der Waals surface area contributed by atoms with E-state index in [-0.39, 0.29) is 31.9 Å². The van der Waals surface area contributed by atoms with E-state index in [0.717, 1.165) is 17.7 Å². The molecular formula is C44H70N2O16S. The smallest absolute Gasteiger partial charge is 0.304 e. The van der Waals surface area contributed by atoms with Gasteiger partial charge in [-0.25, -0.2) is 0 Å². The summed E-state index contributed by atoms with van der Waals surface area (Å²) in [5.41, 5.74) is 3.15. The van der Waals surface area contributed by atoms with Crippen LogP contribution >= 0.6 is 12.6 Å². The van der Waals surface area contributed by atoms with Crippen molar-refractivity contribution in [3.8, 4) is 0 Å². The molecule has 0 fully saturated rings. The number of aliphatic carboxylic acids is 1. The molecule has 0 aliphatic carbocycles. The fourth-order valence-corrected chi connectivity index (χ4v) is 5.37. The van der Waals surface area contributed by atoms with Crippen LogP contribution in [-0.4, -0.2) is 193 Å². The van der Waals surface area contributed by atoms with Crippen LogP contribution < -0.4 is 10.6 Å². The quantitative estimate of drug-likeness (QED) is 0.0557. The second-order valence-electron chi connectivity index (χ2n) is 13.4. The number of hydrogen-bond acceptors (Lipinski definition) is 16. The molecule has 358 valence electrons. The van der Waals surface area contributed by atoms with E-state index in [9.17, 15) is 14.4 Å². The lowest BCUT2D eigenvalue weighted by Gasteiger charge is -2.10. The topological polar surface area (TPSA) is 206 Å². The number of hydrogen-bond donors (Lipinski definition) is 4. The van der Waals surface area contributed by atoms with Crippen LogP contribution in [0.25, 0.3) is 0 Å². The van der Waals surface area contributed by atoms with Crippen molar-refractivity contribution in [2.75, 3.05) is 170 Å². The van der Waals surface area contributed by atoms with Gasteiger partial charge in [-0.1, -0.05) is 42.5 Å².